The van der Waals surface area contributed by atoms with Gasteiger partial charge in [-0.2, -0.15) is 10.3 Å². The number of hydrogen-bond donors (Lipinski definition) is 1. The molecular weight excluding hydrogens is 472 g/mol. The first-order valence-electron chi connectivity index (χ1n) is 12.4. The van der Waals surface area contributed by atoms with Crippen LogP contribution in [-0.4, -0.2) is 46.8 Å². The zero-order valence-corrected chi connectivity index (χ0v) is 21.3. The van der Waals surface area contributed by atoms with E-state index in [2.05, 4.69) is 44.7 Å². The smallest absolute Gasteiger partial charge is 0.210 e. The molecule has 0 aliphatic heterocycles. The Labute approximate surface area is 213 Å². The first-order valence-corrected chi connectivity index (χ1v) is 13.3. The van der Waals surface area contributed by atoms with Gasteiger partial charge in [-0.05, 0) is 49.6 Å². The summed E-state index contributed by atoms with van der Waals surface area (Å²) >= 11 is 1.75. The molecule has 0 radical (unpaired) electrons. The Morgan fingerprint density at radius 3 is 2.61 bits per heavy atom. The maximum absolute atomic E-state index is 6.05. The normalized spacial score (nSPS) is 14.5. The molecule has 9 nitrogen and oxygen atoms in total. The molecule has 0 bridgehead atoms. The maximum atomic E-state index is 6.05. The van der Waals surface area contributed by atoms with Gasteiger partial charge in [0.05, 0.1) is 34.8 Å². The van der Waals surface area contributed by atoms with Crippen molar-refractivity contribution in [2.45, 2.75) is 58.3 Å². The number of hydrogen-bond acceptors (Lipinski definition) is 8. The molecule has 5 aromatic rings. The van der Waals surface area contributed by atoms with Gasteiger partial charge in [-0.1, -0.05) is 31.4 Å². The van der Waals surface area contributed by atoms with Crippen molar-refractivity contribution < 1.29 is 4.74 Å². The van der Waals surface area contributed by atoms with Crippen molar-refractivity contribution in [3.8, 4) is 28.3 Å². The van der Waals surface area contributed by atoms with Crippen molar-refractivity contribution in [3.63, 3.8) is 0 Å². The molecule has 36 heavy (non-hydrogen) atoms. The van der Waals surface area contributed by atoms with Crippen LogP contribution in [-0.2, 0) is 6.42 Å². The minimum atomic E-state index is 0.430. The molecule has 0 atom stereocenters. The van der Waals surface area contributed by atoms with E-state index in [0.29, 0.717) is 18.3 Å². The summed E-state index contributed by atoms with van der Waals surface area (Å²) in [6.07, 6.45) is 10.7. The molecule has 0 spiro atoms. The standard InChI is InChI=1S/C26H28N8OS/c1-16-23(36-17(2)29-16)12-13-35-20-10-8-18(9-11-20)21-14-27-26-22(25-30-32-33-31-25)15-28-34(26)24(21)19-6-4-3-5-7-19/h8-11,14-15,19H,3-7,12-13H2,1-2H3,(H,30,31,32,33). The first-order chi connectivity index (χ1) is 17.7. The Morgan fingerprint density at radius 1 is 1.06 bits per heavy atom. The molecule has 0 amide bonds. The van der Waals surface area contributed by atoms with Crippen molar-refractivity contribution in [2.24, 2.45) is 0 Å². The fourth-order valence-corrected chi connectivity index (χ4v) is 6.09. The number of aromatic nitrogens is 8. The highest BCUT2D eigenvalue weighted by Crippen LogP contribution is 2.39. The van der Waals surface area contributed by atoms with Crippen LogP contribution < -0.4 is 4.74 Å². The van der Waals surface area contributed by atoms with E-state index in [9.17, 15) is 0 Å². The van der Waals surface area contributed by atoms with Gasteiger partial charge < -0.3 is 4.74 Å². The lowest BCUT2D eigenvalue weighted by Crippen LogP contribution is -2.12. The molecule has 0 unspecified atom stereocenters. The van der Waals surface area contributed by atoms with Crippen LogP contribution in [0.4, 0.5) is 0 Å². The zero-order valence-electron chi connectivity index (χ0n) is 20.4. The first kappa shape index (κ1) is 22.8. The van der Waals surface area contributed by atoms with Gasteiger partial charge in [0.1, 0.15) is 5.75 Å². The monoisotopic (exact) mass is 500 g/mol. The molecule has 4 aromatic heterocycles. The number of aryl methyl sites for hydroxylation is 2. The third-order valence-corrected chi connectivity index (χ3v) is 8.04. The topological polar surface area (TPSA) is 107 Å². The second kappa shape index (κ2) is 9.77. The van der Waals surface area contributed by atoms with Gasteiger partial charge >= 0.3 is 0 Å². The lowest BCUT2D eigenvalue weighted by Gasteiger charge is -2.25. The van der Waals surface area contributed by atoms with Gasteiger partial charge in [0, 0.05) is 29.0 Å². The number of rotatable bonds is 7. The van der Waals surface area contributed by atoms with Crippen molar-refractivity contribution in [3.05, 3.63) is 57.9 Å². The number of thiazole rings is 1. The highest BCUT2D eigenvalue weighted by Gasteiger charge is 2.25. The van der Waals surface area contributed by atoms with Crippen LogP contribution in [0.15, 0.2) is 36.7 Å². The predicted octanol–water partition coefficient (Wildman–Crippen LogP) is 5.32. The number of aromatic amines is 1. The Morgan fingerprint density at radius 2 is 1.89 bits per heavy atom. The summed E-state index contributed by atoms with van der Waals surface area (Å²) in [5.41, 5.74) is 6.08. The number of tetrazole rings is 1. The van der Waals surface area contributed by atoms with Gasteiger partial charge in [-0.3, -0.25) is 0 Å². The van der Waals surface area contributed by atoms with Crippen LogP contribution in [0, 0.1) is 13.8 Å². The minimum Gasteiger partial charge on any atom is -0.493 e. The van der Waals surface area contributed by atoms with Gasteiger partial charge in [-0.15, -0.1) is 21.5 Å². The lowest BCUT2D eigenvalue weighted by molar-refractivity contribution is 0.322. The molecule has 1 fully saturated rings. The maximum Gasteiger partial charge on any atom is 0.210 e. The Hall–Kier alpha value is -3.66. The Balaban J connectivity index is 1.29. The number of nitrogens with zero attached hydrogens (tertiary/aromatic N) is 7. The predicted molar refractivity (Wildman–Crippen MR) is 138 cm³/mol. The largest absolute Gasteiger partial charge is 0.493 e. The number of ether oxygens (including phenoxy) is 1. The van der Waals surface area contributed by atoms with E-state index >= 15 is 0 Å². The molecule has 1 aliphatic carbocycles. The molecule has 1 aromatic carbocycles. The summed E-state index contributed by atoms with van der Waals surface area (Å²) in [5, 5.41) is 20.3. The van der Waals surface area contributed by atoms with E-state index in [1.54, 1.807) is 17.5 Å². The van der Waals surface area contributed by atoms with Crippen LogP contribution in [0.5, 0.6) is 5.75 Å². The van der Waals surface area contributed by atoms with Crippen molar-refractivity contribution in [1.82, 2.24) is 40.2 Å². The molecule has 0 saturated heterocycles. The molecule has 1 saturated carbocycles. The zero-order chi connectivity index (χ0) is 24.5. The summed E-state index contributed by atoms with van der Waals surface area (Å²) in [6.45, 7) is 4.74. The fraction of sp³-hybridized carbons (Fsp3) is 0.385. The third-order valence-electron chi connectivity index (χ3n) is 6.90. The number of nitrogens with one attached hydrogen (secondary N) is 1. The van der Waals surface area contributed by atoms with E-state index in [1.165, 1.54) is 29.8 Å². The molecule has 1 aliphatic rings. The molecule has 4 heterocycles. The third kappa shape index (κ3) is 4.37. The van der Waals surface area contributed by atoms with E-state index in [4.69, 9.17) is 14.8 Å². The van der Waals surface area contributed by atoms with Crippen LogP contribution in [0.1, 0.15) is 59.3 Å². The molecule has 6 rings (SSSR count). The summed E-state index contributed by atoms with van der Waals surface area (Å²) in [6, 6.07) is 8.33. The van der Waals surface area contributed by atoms with Crippen LogP contribution in [0.3, 0.4) is 0 Å². The van der Waals surface area contributed by atoms with Crippen molar-refractivity contribution >= 4 is 17.0 Å². The van der Waals surface area contributed by atoms with E-state index in [0.717, 1.165) is 58.1 Å². The van der Waals surface area contributed by atoms with E-state index in [1.807, 2.05) is 29.8 Å². The number of fused-ring (bicyclic) bond motifs is 1. The summed E-state index contributed by atoms with van der Waals surface area (Å²) < 4.78 is 8.04. The van der Waals surface area contributed by atoms with Crippen LogP contribution >= 0.6 is 11.3 Å². The van der Waals surface area contributed by atoms with Crippen LogP contribution in [0.2, 0.25) is 0 Å². The summed E-state index contributed by atoms with van der Waals surface area (Å²) in [5.74, 6) is 1.80. The Bertz CT molecular complexity index is 1470. The SMILES string of the molecule is Cc1nc(C)c(CCOc2ccc(-c3cnc4c(-c5nn[nH]n5)cnn4c3C3CCCCC3)cc2)s1. The minimum absolute atomic E-state index is 0.430. The molecule has 1 N–H and O–H groups in total. The average molecular weight is 501 g/mol. The highest BCUT2D eigenvalue weighted by atomic mass is 32.1. The van der Waals surface area contributed by atoms with Crippen molar-refractivity contribution in [1.29, 1.82) is 0 Å². The Kier molecular flexibility index (Phi) is 6.18. The fourth-order valence-electron chi connectivity index (χ4n) is 5.17. The van der Waals surface area contributed by atoms with Gasteiger partial charge in [0.2, 0.25) is 5.82 Å². The highest BCUT2D eigenvalue weighted by molar-refractivity contribution is 7.11. The van der Waals surface area contributed by atoms with E-state index < -0.39 is 0 Å². The quantitative estimate of drug-likeness (QED) is 0.322. The van der Waals surface area contributed by atoms with Gasteiger partial charge in [0.25, 0.3) is 0 Å². The number of benzene rings is 1. The second-order valence-electron chi connectivity index (χ2n) is 9.29. The molecule has 10 heteroatoms. The van der Waals surface area contributed by atoms with Crippen LogP contribution in [0.25, 0.3) is 28.2 Å². The second-order valence-corrected chi connectivity index (χ2v) is 10.6. The molecular formula is C26H28N8OS. The summed E-state index contributed by atoms with van der Waals surface area (Å²) in [4.78, 5) is 10.6. The van der Waals surface area contributed by atoms with Gasteiger partial charge in [0.15, 0.2) is 5.65 Å². The average Bonchev–Trinajstić information content (AvgIpc) is 3.64. The van der Waals surface area contributed by atoms with E-state index in [-0.39, 0.29) is 0 Å². The number of H-pyrrole nitrogens is 1. The van der Waals surface area contributed by atoms with Crippen molar-refractivity contribution in [2.75, 3.05) is 6.61 Å². The summed E-state index contributed by atoms with van der Waals surface area (Å²) in [7, 11) is 0. The lowest BCUT2D eigenvalue weighted by atomic mass is 9.84. The molecule has 184 valence electrons. The van der Waals surface area contributed by atoms with Gasteiger partial charge in [-0.25, -0.2) is 14.5 Å².